The predicted octanol–water partition coefficient (Wildman–Crippen LogP) is 1.83. The number of anilines is 1. The molecule has 1 aliphatic heterocycles. The number of imidazole rings is 1. The van der Waals surface area contributed by atoms with Gasteiger partial charge in [0, 0.05) is 5.56 Å². The number of fused-ring (bicyclic) bond motifs is 3. The van der Waals surface area contributed by atoms with Crippen LogP contribution in [-0.2, 0) is 6.54 Å². The highest BCUT2D eigenvalue weighted by atomic mass is 16.5. The first-order valence-electron chi connectivity index (χ1n) is 5.31. The highest BCUT2D eigenvalue weighted by molar-refractivity contribution is 5.76. The van der Waals surface area contributed by atoms with Crippen molar-refractivity contribution in [1.82, 2.24) is 9.55 Å². The minimum Gasteiger partial charge on any atom is -0.489 e. The fourth-order valence-corrected chi connectivity index (χ4v) is 2.15. The summed E-state index contributed by atoms with van der Waals surface area (Å²) in [4.78, 5) is 4.34. The number of nitrogens with two attached hydrogens (primary N) is 1. The van der Waals surface area contributed by atoms with E-state index in [0.29, 0.717) is 12.3 Å². The Balaban J connectivity index is 2.33. The molecule has 1 aromatic heterocycles. The number of aryl methyl sites for hydroxylation is 1. The zero-order chi connectivity index (χ0) is 11.1. The number of hydrogen-bond acceptors (Lipinski definition) is 3. The van der Waals surface area contributed by atoms with Crippen molar-refractivity contribution in [3.05, 3.63) is 30.2 Å². The first-order valence-corrected chi connectivity index (χ1v) is 5.31. The van der Waals surface area contributed by atoms with Gasteiger partial charge in [-0.3, -0.25) is 0 Å². The summed E-state index contributed by atoms with van der Waals surface area (Å²) < 4.78 is 7.81. The highest BCUT2D eigenvalue weighted by Crippen LogP contribution is 2.37. The van der Waals surface area contributed by atoms with Crippen LogP contribution in [-0.4, -0.2) is 16.2 Å². The Hall–Kier alpha value is -1.97. The van der Waals surface area contributed by atoms with E-state index >= 15 is 0 Å². The van der Waals surface area contributed by atoms with E-state index in [4.69, 9.17) is 10.5 Å². The van der Waals surface area contributed by atoms with Crippen LogP contribution in [0.4, 0.5) is 5.69 Å². The summed E-state index contributed by atoms with van der Waals surface area (Å²) in [7, 11) is 0. The molecule has 3 rings (SSSR count). The van der Waals surface area contributed by atoms with Crippen LogP contribution in [0.25, 0.3) is 11.3 Å². The average Bonchev–Trinajstić information content (AvgIpc) is 2.53. The van der Waals surface area contributed by atoms with Gasteiger partial charge in [-0.25, -0.2) is 4.98 Å². The van der Waals surface area contributed by atoms with Crippen LogP contribution in [0.5, 0.6) is 5.75 Å². The van der Waals surface area contributed by atoms with E-state index in [9.17, 15) is 0 Å². The molecule has 1 aliphatic rings. The van der Waals surface area contributed by atoms with E-state index in [0.717, 1.165) is 29.2 Å². The lowest BCUT2D eigenvalue weighted by atomic mass is 10.1. The molecule has 1 aromatic carbocycles. The van der Waals surface area contributed by atoms with Crippen LogP contribution in [0.15, 0.2) is 24.5 Å². The van der Waals surface area contributed by atoms with Crippen molar-refractivity contribution in [2.24, 2.45) is 0 Å². The maximum Gasteiger partial charge on any atom is 0.151 e. The molecule has 0 spiro atoms. The molecular weight excluding hydrogens is 202 g/mol. The second-order valence-corrected chi connectivity index (χ2v) is 3.94. The SMILES string of the molecule is Cc1ncn2c1-c1cccc(N)c1OCC2. The van der Waals surface area contributed by atoms with Gasteiger partial charge in [-0.05, 0) is 19.1 Å². The van der Waals surface area contributed by atoms with Crippen molar-refractivity contribution in [1.29, 1.82) is 0 Å². The van der Waals surface area contributed by atoms with Crippen LogP contribution < -0.4 is 10.5 Å². The van der Waals surface area contributed by atoms with Gasteiger partial charge in [0.25, 0.3) is 0 Å². The molecule has 4 heteroatoms. The lowest BCUT2D eigenvalue weighted by Gasteiger charge is -2.09. The fourth-order valence-electron chi connectivity index (χ4n) is 2.15. The fraction of sp³-hybridized carbons (Fsp3) is 0.250. The standard InChI is InChI=1S/C12H13N3O/c1-8-11-9-3-2-4-10(13)12(9)16-6-5-15(11)7-14-8/h2-4,7H,5-6,13H2,1H3. The Morgan fingerprint density at radius 1 is 1.44 bits per heavy atom. The summed E-state index contributed by atoms with van der Waals surface area (Å²) in [6.07, 6.45) is 1.85. The summed E-state index contributed by atoms with van der Waals surface area (Å²) in [6.45, 7) is 3.44. The van der Waals surface area contributed by atoms with E-state index in [-0.39, 0.29) is 0 Å². The Bertz CT molecular complexity index is 545. The van der Waals surface area contributed by atoms with E-state index in [1.165, 1.54) is 0 Å². The lowest BCUT2D eigenvalue weighted by Crippen LogP contribution is -2.04. The zero-order valence-electron chi connectivity index (χ0n) is 9.10. The summed E-state index contributed by atoms with van der Waals surface area (Å²) >= 11 is 0. The van der Waals surface area contributed by atoms with Crippen LogP contribution >= 0.6 is 0 Å². The highest BCUT2D eigenvalue weighted by Gasteiger charge is 2.19. The molecule has 0 atom stereocenters. The molecule has 0 aliphatic carbocycles. The van der Waals surface area contributed by atoms with Crippen LogP contribution in [0, 0.1) is 6.92 Å². The van der Waals surface area contributed by atoms with Crippen molar-refractivity contribution in [3.8, 4) is 17.0 Å². The van der Waals surface area contributed by atoms with Gasteiger partial charge in [0.15, 0.2) is 5.75 Å². The monoisotopic (exact) mass is 215 g/mol. The number of aromatic nitrogens is 2. The number of para-hydroxylation sites is 1. The normalized spacial score (nSPS) is 13.6. The van der Waals surface area contributed by atoms with Crippen LogP contribution in [0.2, 0.25) is 0 Å². The van der Waals surface area contributed by atoms with E-state index in [1.54, 1.807) is 0 Å². The van der Waals surface area contributed by atoms with Gasteiger partial charge >= 0.3 is 0 Å². The number of ether oxygens (including phenoxy) is 1. The van der Waals surface area contributed by atoms with Crippen molar-refractivity contribution in [3.63, 3.8) is 0 Å². The van der Waals surface area contributed by atoms with Gasteiger partial charge < -0.3 is 15.0 Å². The van der Waals surface area contributed by atoms with Gasteiger partial charge in [0.05, 0.1) is 29.9 Å². The minimum absolute atomic E-state index is 0.629. The van der Waals surface area contributed by atoms with Crippen LogP contribution in [0.3, 0.4) is 0 Å². The average molecular weight is 215 g/mol. The second kappa shape index (κ2) is 3.27. The quantitative estimate of drug-likeness (QED) is 0.682. The van der Waals surface area contributed by atoms with Crippen molar-refractivity contribution < 1.29 is 4.74 Å². The summed E-state index contributed by atoms with van der Waals surface area (Å²) in [5.74, 6) is 0.782. The Labute approximate surface area is 93.7 Å². The maximum atomic E-state index is 5.93. The molecule has 0 saturated carbocycles. The summed E-state index contributed by atoms with van der Waals surface area (Å²) in [6, 6.07) is 5.83. The number of nitrogens with zero attached hydrogens (tertiary/aromatic N) is 2. The first kappa shape index (κ1) is 9.27. The van der Waals surface area contributed by atoms with Gasteiger partial charge in [0.1, 0.15) is 6.61 Å². The number of benzene rings is 1. The molecule has 2 heterocycles. The maximum absolute atomic E-state index is 5.93. The van der Waals surface area contributed by atoms with Gasteiger partial charge in [0.2, 0.25) is 0 Å². The van der Waals surface area contributed by atoms with Gasteiger partial charge in [-0.1, -0.05) is 6.07 Å². The Morgan fingerprint density at radius 3 is 3.19 bits per heavy atom. The second-order valence-electron chi connectivity index (χ2n) is 3.94. The number of nitrogen functional groups attached to an aromatic ring is 1. The molecule has 0 amide bonds. The third kappa shape index (κ3) is 1.19. The van der Waals surface area contributed by atoms with Crippen LogP contribution in [0.1, 0.15) is 5.69 Å². The smallest absolute Gasteiger partial charge is 0.151 e. The molecule has 0 radical (unpaired) electrons. The Morgan fingerprint density at radius 2 is 2.31 bits per heavy atom. The number of rotatable bonds is 0. The van der Waals surface area contributed by atoms with Crippen molar-refractivity contribution in [2.45, 2.75) is 13.5 Å². The molecule has 16 heavy (non-hydrogen) atoms. The molecule has 0 bridgehead atoms. The molecule has 0 saturated heterocycles. The Kier molecular flexibility index (Phi) is 1.89. The summed E-state index contributed by atoms with van der Waals surface area (Å²) in [5, 5.41) is 0. The predicted molar refractivity (Wildman–Crippen MR) is 62.3 cm³/mol. The zero-order valence-corrected chi connectivity index (χ0v) is 9.10. The minimum atomic E-state index is 0.629. The van der Waals surface area contributed by atoms with E-state index < -0.39 is 0 Å². The molecule has 82 valence electrons. The van der Waals surface area contributed by atoms with Gasteiger partial charge in [-0.15, -0.1) is 0 Å². The molecule has 0 unspecified atom stereocenters. The number of hydrogen-bond donors (Lipinski definition) is 1. The van der Waals surface area contributed by atoms with E-state index in [1.807, 2.05) is 31.5 Å². The molecule has 2 N–H and O–H groups in total. The summed E-state index contributed by atoms with van der Waals surface area (Å²) in [5.41, 5.74) is 9.78. The van der Waals surface area contributed by atoms with Crippen molar-refractivity contribution in [2.75, 3.05) is 12.3 Å². The molecule has 4 nitrogen and oxygen atoms in total. The molecule has 2 aromatic rings. The van der Waals surface area contributed by atoms with E-state index in [2.05, 4.69) is 9.55 Å². The first-order chi connectivity index (χ1) is 7.77. The molecule has 0 fully saturated rings. The molecular formula is C12H13N3O. The third-order valence-electron chi connectivity index (χ3n) is 2.90. The largest absolute Gasteiger partial charge is 0.489 e. The topological polar surface area (TPSA) is 53.1 Å². The van der Waals surface area contributed by atoms with Crippen molar-refractivity contribution >= 4 is 5.69 Å². The third-order valence-corrected chi connectivity index (χ3v) is 2.90. The lowest BCUT2D eigenvalue weighted by molar-refractivity contribution is 0.308. The van der Waals surface area contributed by atoms with Gasteiger partial charge in [-0.2, -0.15) is 0 Å².